The Morgan fingerprint density at radius 1 is 1.33 bits per heavy atom. The SMILES string of the molecule is NCCN1CCCC[C@@H]1CNC(=O)OCc1ccccc1. The zero-order chi connectivity index (χ0) is 14.9. The summed E-state index contributed by atoms with van der Waals surface area (Å²) in [6, 6.07) is 10.1. The number of nitrogens with one attached hydrogen (secondary N) is 1. The van der Waals surface area contributed by atoms with Crippen molar-refractivity contribution in [3.05, 3.63) is 35.9 Å². The predicted octanol–water partition coefficient (Wildman–Crippen LogP) is 1.73. The lowest BCUT2D eigenvalue weighted by Crippen LogP contribution is -2.48. The van der Waals surface area contributed by atoms with Crippen molar-refractivity contribution in [3.8, 4) is 0 Å². The van der Waals surface area contributed by atoms with Crippen LogP contribution in [0.1, 0.15) is 24.8 Å². The first-order chi connectivity index (χ1) is 10.3. The van der Waals surface area contributed by atoms with E-state index in [9.17, 15) is 4.79 Å². The molecule has 1 fully saturated rings. The maximum atomic E-state index is 11.7. The van der Waals surface area contributed by atoms with Crippen LogP contribution in [0.15, 0.2) is 30.3 Å². The van der Waals surface area contributed by atoms with Crippen LogP contribution in [0.2, 0.25) is 0 Å². The lowest BCUT2D eigenvalue weighted by atomic mass is 10.0. The Morgan fingerprint density at radius 3 is 2.90 bits per heavy atom. The van der Waals surface area contributed by atoms with E-state index in [0.717, 1.165) is 25.1 Å². The number of benzene rings is 1. The molecule has 0 radical (unpaired) electrons. The third-order valence-electron chi connectivity index (χ3n) is 3.86. The molecule has 21 heavy (non-hydrogen) atoms. The predicted molar refractivity (Wildman–Crippen MR) is 82.9 cm³/mol. The number of likely N-dealkylation sites (tertiary alicyclic amines) is 1. The van der Waals surface area contributed by atoms with Crippen molar-refractivity contribution in [2.24, 2.45) is 5.73 Å². The summed E-state index contributed by atoms with van der Waals surface area (Å²) in [5.74, 6) is 0. The van der Waals surface area contributed by atoms with Gasteiger partial charge >= 0.3 is 6.09 Å². The van der Waals surface area contributed by atoms with Crippen molar-refractivity contribution >= 4 is 6.09 Å². The van der Waals surface area contributed by atoms with Crippen molar-refractivity contribution in [2.75, 3.05) is 26.2 Å². The van der Waals surface area contributed by atoms with E-state index in [1.807, 2.05) is 30.3 Å². The molecule has 116 valence electrons. The molecule has 1 aliphatic heterocycles. The number of ether oxygens (including phenoxy) is 1. The highest BCUT2D eigenvalue weighted by Crippen LogP contribution is 2.15. The van der Waals surface area contributed by atoms with Gasteiger partial charge in [0, 0.05) is 25.7 Å². The van der Waals surface area contributed by atoms with Gasteiger partial charge in [-0.05, 0) is 24.9 Å². The highest BCUT2D eigenvalue weighted by Gasteiger charge is 2.22. The van der Waals surface area contributed by atoms with Crippen LogP contribution in [0.4, 0.5) is 4.79 Å². The number of carbonyl (C=O) groups excluding carboxylic acids is 1. The second-order valence-corrected chi connectivity index (χ2v) is 5.42. The highest BCUT2D eigenvalue weighted by molar-refractivity contribution is 5.67. The molecule has 3 N–H and O–H groups in total. The molecular weight excluding hydrogens is 266 g/mol. The minimum absolute atomic E-state index is 0.309. The van der Waals surface area contributed by atoms with Gasteiger partial charge < -0.3 is 15.8 Å². The molecule has 2 rings (SSSR count). The molecule has 1 aliphatic rings. The zero-order valence-corrected chi connectivity index (χ0v) is 12.5. The minimum atomic E-state index is -0.350. The van der Waals surface area contributed by atoms with E-state index in [-0.39, 0.29) is 6.09 Å². The zero-order valence-electron chi connectivity index (χ0n) is 12.5. The first-order valence-electron chi connectivity index (χ1n) is 7.68. The van der Waals surface area contributed by atoms with E-state index >= 15 is 0 Å². The Balaban J connectivity index is 1.70. The molecule has 1 atom stereocenters. The van der Waals surface area contributed by atoms with Crippen molar-refractivity contribution in [2.45, 2.75) is 31.9 Å². The number of hydrogen-bond acceptors (Lipinski definition) is 4. The Kier molecular flexibility index (Phi) is 6.50. The lowest BCUT2D eigenvalue weighted by molar-refractivity contribution is 0.122. The number of alkyl carbamates (subject to hydrolysis) is 1. The molecule has 1 heterocycles. The average Bonchev–Trinajstić information content (AvgIpc) is 2.53. The fourth-order valence-electron chi connectivity index (χ4n) is 2.73. The molecule has 0 aromatic heterocycles. The van der Waals surface area contributed by atoms with Gasteiger partial charge in [-0.3, -0.25) is 4.90 Å². The molecule has 5 heteroatoms. The third kappa shape index (κ3) is 5.36. The Morgan fingerprint density at radius 2 is 2.14 bits per heavy atom. The van der Waals surface area contributed by atoms with Crippen molar-refractivity contribution in [1.82, 2.24) is 10.2 Å². The fourth-order valence-corrected chi connectivity index (χ4v) is 2.73. The van der Waals surface area contributed by atoms with E-state index in [1.54, 1.807) is 0 Å². The third-order valence-corrected chi connectivity index (χ3v) is 3.86. The Labute approximate surface area is 126 Å². The molecule has 1 aromatic carbocycles. The van der Waals surface area contributed by atoms with Crippen LogP contribution in [-0.4, -0.2) is 43.2 Å². The molecule has 0 aliphatic carbocycles. The Bertz CT molecular complexity index is 423. The van der Waals surface area contributed by atoms with Crippen molar-refractivity contribution in [1.29, 1.82) is 0 Å². The average molecular weight is 291 g/mol. The number of nitrogens with two attached hydrogens (primary N) is 1. The van der Waals surface area contributed by atoms with Crippen LogP contribution >= 0.6 is 0 Å². The molecule has 0 spiro atoms. The molecule has 1 aromatic rings. The summed E-state index contributed by atoms with van der Waals surface area (Å²) in [6.07, 6.45) is 3.19. The Hall–Kier alpha value is -1.59. The molecule has 5 nitrogen and oxygen atoms in total. The topological polar surface area (TPSA) is 67.6 Å². The molecular formula is C16H25N3O2. The fraction of sp³-hybridized carbons (Fsp3) is 0.562. The number of carbonyl (C=O) groups is 1. The van der Waals surface area contributed by atoms with Crippen LogP contribution < -0.4 is 11.1 Å². The summed E-state index contributed by atoms with van der Waals surface area (Å²) < 4.78 is 5.22. The van der Waals surface area contributed by atoms with Gasteiger partial charge in [0.1, 0.15) is 6.61 Å². The number of piperidine rings is 1. The first kappa shape index (κ1) is 15.8. The van der Waals surface area contributed by atoms with Crippen LogP contribution in [0.25, 0.3) is 0 Å². The molecule has 0 unspecified atom stereocenters. The van der Waals surface area contributed by atoms with E-state index in [0.29, 0.717) is 25.7 Å². The summed E-state index contributed by atoms with van der Waals surface area (Å²) in [4.78, 5) is 14.1. The van der Waals surface area contributed by atoms with E-state index in [2.05, 4.69) is 10.2 Å². The van der Waals surface area contributed by atoms with Crippen LogP contribution in [0.5, 0.6) is 0 Å². The van der Waals surface area contributed by atoms with Gasteiger partial charge in [-0.2, -0.15) is 0 Å². The molecule has 0 bridgehead atoms. The summed E-state index contributed by atoms with van der Waals surface area (Å²) in [7, 11) is 0. The van der Waals surface area contributed by atoms with Gasteiger partial charge in [0.15, 0.2) is 0 Å². The standard InChI is InChI=1S/C16H25N3O2/c17-9-11-19-10-5-4-8-15(19)12-18-16(20)21-13-14-6-2-1-3-7-14/h1-3,6-7,15H,4-5,8-13,17H2,(H,18,20)/t15-/m1/s1. The second kappa shape index (κ2) is 8.64. The largest absolute Gasteiger partial charge is 0.445 e. The van der Waals surface area contributed by atoms with Crippen LogP contribution in [0, 0.1) is 0 Å². The monoisotopic (exact) mass is 291 g/mol. The first-order valence-corrected chi connectivity index (χ1v) is 7.68. The summed E-state index contributed by atoms with van der Waals surface area (Å²) in [5, 5.41) is 2.87. The van der Waals surface area contributed by atoms with Gasteiger partial charge in [-0.25, -0.2) is 4.79 Å². The van der Waals surface area contributed by atoms with Gasteiger partial charge in [0.05, 0.1) is 0 Å². The van der Waals surface area contributed by atoms with Crippen molar-refractivity contribution in [3.63, 3.8) is 0 Å². The normalized spacial score (nSPS) is 19.2. The molecule has 0 saturated carbocycles. The molecule has 1 saturated heterocycles. The quantitative estimate of drug-likeness (QED) is 0.837. The van der Waals surface area contributed by atoms with E-state index in [1.165, 1.54) is 12.8 Å². The number of hydrogen-bond donors (Lipinski definition) is 2. The van der Waals surface area contributed by atoms with E-state index < -0.39 is 0 Å². The van der Waals surface area contributed by atoms with Crippen LogP contribution in [0.3, 0.4) is 0 Å². The van der Waals surface area contributed by atoms with Gasteiger partial charge in [-0.1, -0.05) is 36.8 Å². The minimum Gasteiger partial charge on any atom is -0.445 e. The van der Waals surface area contributed by atoms with Crippen molar-refractivity contribution < 1.29 is 9.53 Å². The second-order valence-electron chi connectivity index (χ2n) is 5.42. The van der Waals surface area contributed by atoms with Gasteiger partial charge in [-0.15, -0.1) is 0 Å². The number of amides is 1. The maximum Gasteiger partial charge on any atom is 0.407 e. The summed E-state index contributed by atoms with van der Waals surface area (Å²) in [5.41, 5.74) is 6.63. The maximum absolute atomic E-state index is 11.7. The van der Waals surface area contributed by atoms with E-state index in [4.69, 9.17) is 10.5 Å². The lowest BCUT2D eigenvalue weighted by Gasteiger charge is -2.35. The van der Waals surface area contributed by atoms with Crippen LogP contribution in [-0.2, 0) is 11.3 Å². The summed E-state index contributed by atoms with van der Waals surface area (Å²) in [6.45, 7) is 3.57. The highest BCUT2D eigenvalue weighted by atomic mass is 16.5. The molecule has 1 amide bonds. The number of nitrogens with zero attached hydrogens (tertiary/aromatic N) is 1. The van der Waals surface area contributed by atoms with Gasteiger partial charge in [0.2, 0.25) is 0 Å². The van der Waals surface area contributed by atoms with Gasteiger partial charge in [0.25, 0.3) is 0 Å². The summed E-state index contributed by atoms with van der Waals surface area (Å²) >= 11 is 0. The smallest absolute Gasteiger partial charge is 0.407 e. The number of rotatable bonds is 6.